The fourth-order valence-corrected chi connectivity index (χ4v) is 4.69. The summed E-state index contributed by atoms with van der Waals surface area (Å²) in [7, 11) is -2.93. The molecule has 7 nitrogen and oxygen atoms in total. The molecule has 2 N–H and O–H groups in total. The number of carboxylic acid groups (broad SMARTS) is 1. The molecule has 0 aliphatic carbocycles. The second kappa shape index (κ2) is 5.59. The van der Waals surface area contributed by atoms with Crippen LogP contribution >= 0.6 is 0 Å². The predicted octanol–water partition coefficient (Wildman–Crippen LogP) is -0.217. The van der Waals surface area contributed by atoms with Crippen molar-refractivity contribution in [2.75, 3.05) is 31.1 Å². The zero-order valence-corrected chi connectivity index (χ0v) is 12.2. The highest BCUT2D eigenvalue weighted by Crippen LogP contribution is 2.23. The van der Waals surface area contributed by atoms with Crippen molar-refractivity contribution < 1.29 is 23.1 Å². The SMILES string of the molecule is C[C@@H]1CN(C(=O)NCC2CCS(=O)(=O)C2)C[C@H]1C(=O)O. The number of aliphatic carboxylic acids is 1. The lowest BCUT2D eigenvalue weighted by molar-refractivity contribution is -0.142. The van der Waals surface area contributed by atoms with Gasteiger partial charge in [-0.2, -0.15) is 0 Å². The van der Waals surface area contributed by atoms with E-state index in [0.717, 1.165) is 0 Å². The number of hydrogen-bond donors (Lipinski definition) is 2. The number of rotatable bonds is 3. The van der Waals surface area contributed by atoms with Crippen LogP contribution in [0.4, 0.5) is 4.79 Å². The number of likely N-dealkylation sites (tertiary alicyclic amines) is 1. The number of amides is 2. The van der Waals surface area contributed by atoms with Gasteiger partial charge in [-0.3, -0.25) is 4.79 Å². The summed E-state index contributed by atoms with van der Waals surface area (Å²) in [6.45, 7) is 2.79. The summed E-state index contributed by atoms with van der Waals surface area (Å²) in [6.07, 6.45) is 0.580. The Bertz CT molecular complexity index is 504. The third kappa shape index (κ3) is 3.41. The van der Waals surface area contributed by atoms with Crippen LogP contribution in [0.1, 0.15) is 13.3 Å². The molecule has 0 aromatic heterocycles. The van der Waals surface area contributed by atoms with E-state index in [9.17, 15) is 18.0 Å². The minimum Gasteiger partial charge on any atom is -0.481 e. The van der Waals surface area contributed by atoms with Gasteiger partial charge in [-0.15, -0.1) is 0 Å². The third-order valence-electron chi connectivity index (χ3n) is 4.09. The number of carbonyl (C=O) groups is 2. The van der Waals surface area contributed by atoms with Crippen molar-refractivity contribution >= 4 is 21.8 Å². The zero-order chi connectivity index (χ0) is 14.9. The van der Waals surface area contributed by atoms with Crippen LogP contribution in [0.25, 0.3) is 0 Å². The Morgan fingerprint density at radius 3 is 2.55 bits per heavy atom. The van der Waals surface area contributed by atoms with Gasteiger partial charge in [-0.25, -0.2) is 13.2 Å². The average Bonchev–Trinajstić information content (AvgIpc) is 2.89. The van der Waals surface area contributed by atoms with Gasteiger partial charge in [-0.1, -0.05) is 6.92 Å². The first kappa shape index (κ1) is 15.1. The molecule has 2 aliphatic rings. The van der Waals surface area contributed by atoms with Gasteiger partial charge in [0.05, 0.1) is 17.4 Å². The standard InChI is InChI=1S/C12H20N2O5S/c1-8-5-14(6-10(8)11(15)16)12(17)13-4-9-2-3-20(18,19)7-9/h8-10H,2-7H2,1H3,(H,13,17)(H,15,16)/t8-,9?,10-/m1/s1. The molecule has 2 heterocycles. The molecule has 2 fully saturated rings. The summed E-state index contributed by atoms with van der Waals surface area (Å²) in [6, 6.07) is -0.301. The zero-order valence-electron chi connectivity index (χ0n) is 11.4. The van der Waals surface area contributed by atoms with Crippen LogP contribution in [0, 0.1) is 17.8 Å². The van der Waals surface area contributed by atoms with Gasteiger partial charge in [0.2, 0.25) is 0 Å². The smallest absolute Gasteiger partial charge is 0.317 e. The first-order valence-electron chi connectivity index (χ1n) is 6.74. The van der Waals surface area contributed by atoms with Crippen LogP contribution in [0.2, 0.25) is 0 Å². The van der Waals surface area contributed by atoms with E-state index in [1.165, 1.54) is 4.90 Å². The molecule has 2 rings (SSSR count). The Morgan fingerprint density at radius 2 is 2.05 bits per heavy atom. The van der Waals surface area contributed by atoms with Crippen molar-refractivity contribution in [2.24, 2.45) is 17.8 Å². The number of hydrogen-bond acceptors (Lipinski definition) is 4. The molecule has 0 bridgehead atoms. The molecule has 2 amide bonds. The van der Waals surface area contributed by atoms with Crippen LogP contribution in [0.15, 0.2) is 0 Å². The number of sulfone groups is 1. The summed E-state index contributed by atoms with van der Waals surface area (Å²) in [5.41, 5.74) is 0. The van der Waals surface area contributed by atoms with Crippen molar-refractivity contribution in [3.63, 3.8) is 0 Å². The largest absolute Gasteiger partial charge is 0.481 e. The summed E-state index contributed by atoms with van der Waals surface area (Å²) < 4.78 is 22.6. The van der Waals surface area contributed by atoms with E-state index in [4.69, 9.17) is 5.11 Å². The molecule has 0 aromatic rings. The van der Waals surface area contributed by atoms with Crippen molar-refractivity contribution in [2.45, 2.75) is 13.3 Å². The first-order valence-corrected chi connectivity index (χ1v) is 8.56. The minimum absolute atomic E-state index is 0.0285. The molecule has 0 aromatic carbocycles. The van der Waals surface area contributed by atoms with Gasteiger partial charge in [0, 0.05) is 19.6 Å². The Kier molecular flexibility index (Phi) is 4.22. The van der Waals surface area contributed by atoms with E-state index in [1.807, 2.05) is 6.92 Å². The van der Waals surface area contributed by atoms with E-state index in [1.54, 1.807) is 0 Å². The first-order chi connectivity index (χ1) is 9.28. The summed E-state index contributed by atoms with van der Waals surface area (Å²) in [5.74, 6) is -1.18. The fraction of sp³-hybridized carbons (Fsp3) is 0.833. The van der Waals surface area contributed by atoms with Crippen LogP contribution in [0.5, 0.6) is 0 Å². The number of nitrogens with one attached hydrogen (secondary N) is 1. The molecular formula is C12H20N2O5S. The summed E-state index contributed by atoms with van der Waals surface area (Å²) in [5, 5.41) is 11.7. The molecule has 0 saturated carbocycles. The minimum atomic E-state index is -2.93. The molecule has 8 heteroatoms. The normalized spacial score (nSPS) is 32.2. The predicted molar refractivity (Wildman–Crippen MR) is 72.0 cm³/mol. The maximum absolute atomic E-state index is 11.9. The molecular weight excluding hydrogens is 284 g/mol. The second-order valence-corrected chi connectivity index (χ2v) is 8.01. The highest BCUT2D eigenvalue weighted by molar-refractivity contribution is 7.91. The lowest BCUT2D eigenvalue weighted by atomic mass is 9.99. The molecule has 2 saturated heterocycles. The van der Waals surface area contributed by atoms with E-state index < -0.39 is 21.7 Å². The van der Waals surface area contributed by atoms with E-state index in [2.05, 4.69) is 5.32 Å². The van der Waals surface area contributed by atoms with Gasteiger partial charge in [-0.05, 0) is 18.3 Å². The molecule has 114 valence electrons. The highest BCUT2D eigenvalue weighted by atomic mass is 32.2. The third-order valence-corrected chi connectivity index (χ3v) is 5.92. The summed E-state index contributed by atoms with van der Waals surface area (Å²) in [4.78, 5) is 24.4. The van der Waals surface area contributed by atoms with Crippen LogP contribution in [0.3, 0.4) is 0 Å². The quantitative estimate of drug-likeness (QED) is 0.750. The Hall–Kier alpha value is -1.31. The molecule has 1 unspecified atom stereocenters. The van der Waals surface area contributed by atoms with E-state index in [0.29, 0.717) is 19.5 Å². The Balaban J connectivity index is 1.80. The van der Waals surface area contributed by atoms with Crippen LogP contribution < -0.4 is 5.32 Å². The molecule has 2 aliphatic heterocycles. The lowest BCUT2D eigenvalue weighted by Crippen LogP contribution is -2.41. The molecule has 20 heavy (non-hydrogen) atoms. The van der Waals surface area contributed by atoms with E-state index in [-0.39, 0.29) is 35.9 Å². The molecule has 0 spiro atoms. The maximum Gasteiger partial charge on any atom is 0.317 e. The number of carbonyl (C=O) groups excluding carboxylic acids is 1. The Labute approximate surface area is 118 Å². The van der Waals surface area contributed by atoms with Crippen molar-refractivity contribution in [1.29, 1.82) is 0 Å². The topological polar surface area (TPSA) is 104 Å². The van der Waals surface area contributed by atoms with Gasteiger partial charge in [0.25, 0.3) is 0 Å². The second-order valence-electron chi connectivity index (χ2n) is 5.78. The number of carboxylic acids is 1. The van der Waals surface area contributed by atoms with Gasteiger partial charge >= 0.3 is 12.0 Å². The maximum atomic E-state index is 11.9. The van der Waals surface area contributed by atoms with Crippen LogP contribution in [-0.4, -0.2) is 61.6 Å². The Morgan fingerprint density at radius 1 is 1.35 bits per heavy atom. The lowest BCUT2D eigenvalue weighted by Gasteiger charge is -2.18. The number of urea groups is 1. The monoisotopic (exact) mass is 304 g/mol. The van der Waals surface area contributed by atoms with Gasteiger partial charge < -0.3 is 15.3 Å². The van der Waals surface area contributed by atoms with Crippen molar-refractivity contribution in [3.8, 4) is 0 Å². The van der Waals surface area contributed by atoms with Crippen molar-refractivity contribution in [1.82, 2.24) is 10.2 Å². The number of nitrogens with zero attached hydrogens (tertiary/aromatic N) is 1. The van der Waals surface area contributed by atoms with Gasteiger partial charge in [0.15, 0.2) is 9.84 Å². The molecule has 3 atom stereocenters. The summed E-state index contributed by atoms with van der Waals surface area (Å²) >= 11 is 0. The van der Waals surface area contributed by atoms with Crippen molar-refractivity contribution in [3.05, 3.63) is 0 Å². The van der Waals surface area contributed by atoms with Crippen LogP contribution in [-0.2, 0) is 14.6 Å². The molecule has 0 radical (unpaired) electrons. The van der Waals surface area contributed by atoms with E-state index >= 15 is 0 Å². The highest BCUT2D eigenvalue weighted by Gasteiger charge is 2.37. The van der Waals surface area contributed by atoms with Gasteiger partial charge in [0.1, 0.15) is 0 Å². The average molecular weight is 304 g/mol. The fourth-order valence-electron chi connectivity index (χ4n) is 2.83.